The van der Waals surface area contributed by atoms with Gasteiger partial charge < -0.3 is 14.2 Å². The van der Waals surface area contributed by atoms with Crippen LogP contribution >= 0.6 is 0 Å². The normalized spacial score (nSPS) is 23.9. The molecule has 8 heteroatoms. The molecule has 0 spiro atoms. The first kappa shape index (κ1) is 17.2. The van der Waals surface area contributed by atoms with Crippen LogP contribution in [0.3, 0.4) is 0 Å². The molecule has 1 N–H and O–H groups in total. The van der Waals surface area contributed by atoms with Gasteiger partial charge in [-0.25, -0.2) is 9.97 Å². The Morgan fingerprint density at radius 2 is 2.08 bits per heavy atom. The van der Waals surface area contributed by atoms with Gasteiger partial charge in [-0.05, 0) is 20.3 Å². The Kier molecular flexibility index (Phi) is 4.54. The van der Waals surface area contributed by atoms with Crippen LogP contribution in [0, 0.1) is 0 Å². The third kappa shape index (κ3) is 3.39. The number of morpholine rings is 1. The van der Waals surface area contributed by atoms with Crippen LogP contribution in [0.4, 0.5) is 5.95 Å². The van der Waals surface area contributed by atoms with E-state index in [1.54, 1.807) is 0 Å². The second-order valence-corrected chi connectivity index (χ2v) is 7.39. The average Bonchev–Trinajstić information content (AvgIpc) is 2.98. The minimum Gasteiger partial charge on any atom is -0.372 e. The molecule has 0 bridgehead atoms. The van der Waals surface area contributed by atoms with Crippen molar-refractivity contribution in [3.63, 3.8) is 0 Å². The molecule has 1 saturated heterocycles. The molecule has 0 unspecified atom stereocenters. The molecule has 0 aliphatic carbocycles. The van der Waals surface area contributed by atoms with E-state index in [1.807, 2.05) is 37.9 Å². The van der Waals surface area contributed by atoms with E-state index in [1.165, 1.54) is 0 Å². The van der Waals surface area contributed by atoms with Crippen LogP contribution in [0.25, 0.3) is 0 Å². The van der Waals surface area contributed by atoms with Crippen LogP contribution in [0.2, 0.25) is 0 Å². The summed E-state index contributed by atoms with van der Waals surface area (Å²) in [6, 6.07) is 0. The molecule has 2 aromatic rings. The highest BCUT2D eigenvalue weighted by molar-refractivity contribution is 5.35. The maximum atomic E-state index is 12.6. The molecule has 4 rings (SSSR count). The van der Waals surface area contributed by atoms with Gasteiger partial charge in [-0.15, -0.1) is 0 Å². The van der Waals surface area contributed by atoms with Crippen molar-refractivity contribution < 1.29 is 4.74 Å². The molecule has 2 aliphatic rings. The first-order valence-corrected chi connectivity index (χ1v) is 9.20. The predicted octanol–water partition coefficient (Wildman–Crippen LogP) is 0.675. The van der Waals surface area contributed by atoms with E-state index >= 15 is 0 Å². The van der Waals surface area contributed by atoms with E-state index in [0.29, 0.717) is 12.5 Å². The first-order valence-electron chi connectivity index (χ1n) is 9.20. The number of anilines is 1. The molecule has 0 aromatic carbocycles. The van der Waals surface area contributed by atoms with Crippen molar-refractivity contribution in [2.24, 2.45) is 7.05 Å². The van der Waals surface area contributed by atoms with E-state index < -0.39 is 0 Å². The molecule has 0 amide bonds. The monoisotopic (exact) mass is 358 g/mol. The molecule has 0 saturated carbocycles. The van der Waals surface area contributed by atoms with Gasteiger partial charge in [-0.3, -0.25) is 14.7 Å². The van der Waals surface area contributed by atoms with Crippen molar-refractivity contribution in [3.8, 4) is 0 Å². The molecule has 0 radical (unpaired) electrons. The minimum absolute atomic E-state index is 0.00607. The number of H-pyrrole nitrogens is 1. The van der Waals surface area contributed by atoms with Crippen LogP contribution in [0.15, 0.2) is 17.2 Å². The van der Waals surface area contributed by atoms with Gasteiger partial charge in [0.2, 0.25) is 5.95 Å². The van der Waals surface area contributed by atoms with Crippen LogP contribution in [0.1, 0.15) is 30.9 Å². The summed E-state index contributed by atoms with van der Waals surface area (Å²) in [4.78, 5) is 29.2. The number of aromatic nitrogens is 4. The summed E-state index contributed by atoms with van der Waals surface area (Å²) >= 11 is 0. The van der Waals surface area contributed by atoms with Crippen molar-refractivity contribution in [2.45, 2.75) is 45.6 Å². The van der Waals surface area contributed by atoms with E-state index in [-0.39, 0.29) is 17.8 Å². The van der Waals surface area contributed by atoms with E-state index in [2.05, 4.69) is 19.8 Å². The third-order valence-corrected chi connectivity index (χ3v) is 5.15. The topological polar surface area (TPSA) is 79.3 Å². The third-order valence-electron chi connectivity index (χ3n) is 5.15. The van der Waals surface area contributed by atoms with Crippen molar-refractivity contribution in [2.75, 3.05) is 24.5 Å². The lowest BCUT2D eigenvalue weighted by molar-refractivity contribution is -0.00576. The van der Waals surface area contributed by atoms with Gasteiger partial charge in [0, 0.05) is 51.2 Å². The number of ether oxygens (including phenoxy) is 1. The molecule has 26 heavy (non-hydrogen) atoms. The summed E-state index contributed by atoms with van der Waals surface area (Å²) in [5.74, 6) is 1.68. The number of rotatable bonds is 3. The Morgan fingerprint density at radius 3 is 2.77 bits per heavy atom. The molecule has 2 aliphatic heterocycles. The fourth-order valence-corrected chi connectivity index (χ4v) is 3.87. The second-order valence-electron chi connectivity index (χ2n) is 7.39. The maximum absolute atomic E-state index is 12.6. The summed E-state index contributed by atoms with van der Waals surface area (Å²) < 4.78 is 7.82. The molecular formula is C18H26N6O2. The highest BCUT2D eigenvalue weighted by Gasteiger charge is 2.27. The van der Waals surface area contributed by atoms with Crippen molar-refractivity contribution in [1.29, 1.82) is 0 Å². The lowest BCUT2D eigenvalue weighted by atomic mass is 10.1. The smallest absolute Gasteiger partial charge is 0.255 e. The van der Waals surface area contributed by atoms with Crippen LogP contribution in [-0.2, 0) is 31.3 Å². The van der Waals surface area contributed by atoms with Gasteiger partial charge in [0.05, 0.1) is 24.4 Å². The predicted molar refractivity (Wildman–Crippen MR) is 98.1 cm³/mol. The largest absolute Gasteiger partial charge is 0.372 e. The summed E-state index contributed by atoms with van der Waals surface area (Å²) in [7, 11) is 2.00. The van der Waals surface area contributed by atoms with E-state index in [4.69, 9.17) is 9.72 Å². The number of hydrogen-bond donors (Lipinski definition) is 1. The number of aromatic amines is 1. The van der Waals surface area contributed by atoms with Gasteiger partial charge in [0.1, 0.15) is 5.82 Å². The number of nitrogens with one attached hydrogen (secondary N) is 1. The van der Waals surface area contributed by atoms with Gasteiger partial charge in [-0.1, -0.05) is 0 Å². The molecule has 2 aromatic heterocycles. The summed E-state index contributed by atoms with van der Waals surface area (Å²) in [6.07, 6.45) is 4.74. The molecule has 2 atom stereocenters. The molecular weight excluding hydrogens is 332 g/mol. The lowest BCUT2D eigenvalue weighted by Gasteiger charge is -2.36. The number of imidazole rings is 1. The summed E-state index contributed by atoms with van der Waals surface area (Å²) in [5.41, 5.74) is 1.70. The average molecular weight is 358 g/mol. The van der Waals surface area contributed by atoms with Gasteiger partial charge in [0.15, 0.2) is 0 Å². The zero-order valence-corrected chi connectivity index (χ0v) is 15.6. The molecule has 140 valence electrons. The molecule has 1 fully saturated rings. The number of nitrogens with zero attached hydrogens (tertiary/aromatic N) is 5. The van der Waals surface area contributed by atoms with Crippen LogP contribution in [0.5, 0.6) is 0 Å². The number of hydrogen-bond acceptors (Lipinski definition) is 6. The highest BCUT2D eigenvalue weighted by atomic mass is 16.5. The SMILES string of the molecule is C[C@H]1CN(c2nc3c(c(=O)[nH]2)CCN(Cc2nccn2C)C3)C[C@H](C)O1. The van der Waals surface area contributed by atoms with E-state index in [0.717, 1.165) is 49.7 Å². The second kappa shape index (κ2) is 6.85. The number of aryl methyl sites for hydroxylation is 1. The Balaban J connectivity index is 1.56. The fraction of sp³-hybridized carbons (Fsp3) is 0.611. The van der Waals surface area contributed by atoms with Crippen molar-refractivity contribution in [1.82, 2.24) is 24.4 Å². The van der Waals surface area contributed by atoms with Gasteiger partial charge in [-0.2, -0.15) is 0 Å². The van der Waals surface area contributed by atoms with Crippen molar-refractivity contribution in [3.05, 3.63) is 39.8 Å². The maximum Gasteiger partial charge on any atom is 0.255 e. The standard InChI is InChI=1S/C18H26N6O2/c1-12-8-24(9-13(2)26-12)18-20-15-10-23(6-4-14(15)17(25)21-18)11-16-19-5-7-22(16)3/h5,7,12-13H,4,6,8-11H2,1-3H3,(H,20,21,25)/t12-,13-/m0/s1. The quantitative estimate of drug-likeness (QED) is 0.869. The van der Waals surface area contributed by atoms with Gasteiger partial charge in [0.25, 0.3) is 5.56 Å². The van der Waals surface area contributed by atoms with Crippen LogP contribution < -0.4 is 10.5 Å². The molecule has 4 heterocycles. The lowest BCUT2D eigenvalue weighted by Crippen LogP contribution is -2.47. The van der Waals surface area contributed by atoms with Crippen LogP contribution in [-0.4, -0.2) is 56.3 Å². The minimum atomic E-state index is -0.00607. The van der Waals surface area contributed by atoms with Crippen molar-refractivity contribution >= 4 is 5.95 Å². The first-order chi connectivity index (χ1) is 12.5. The Hall–Kier alpha value is -2.19. The zero-order chi connectivity index (χ0) is 18.3. The Bertz CT molecular complexity index is 834. The Labute approximate surface area is 152 Å². The zero-order valence-electron chi connectivity index (χ0n) is 15.6. The number of fused-ring (bicyclic) bond motifs is 1. The summed E-state index contributed by atoms with van der Waals surface area (Å²) in [6.45, 7) is 7.86. The molecule has 8 nitrogen and oxygen atoms in total. The van der Waals surface area contributed by atoms with E-state index in [9.17, 15) is 4.79 Å². The fourth-order valence-electron chi connectivity index (χ4n) is 3.87. The van der Waals surface area contributed by atoms with Gasteiger partial charge >= 0.3 is 0 Å². The summed E-state index contributed by atoms with van der Waals surface area (Å²) in [5, 5.41) is 0. The Morgan fingerprint density at radius 1 is 1.31 bits per heavy atom. The highest BCUT2D eigenvalue weighted by Crippen LogP contribution is 2.20.